The Kier molecular flexibility index (Phi) is 4.33. The summed E-state index contributed by atoms with van der Waals surface area (Å²) in [5.74, 6) is 1.37. The third-order valence-corrected chi connectivity index (χ3v) is 4.67. The Hall–Kier alpha value is -2.51. The number of aryl methyl sites for hydroxylation is 1. The Balaban J connectivity index is 1.37. The predicted molar refractivity (Wildman–Crippen MR) is 97.7 cm³/mol. The molecule has 1 aliphatic rings. The molecule has 2 N–H and O–H groups in total. The summed E-state index contributed by atoms with van der Waals surface area (Å²) < 4.78 is 1.85. The molecular formula is C18H23N7. The van der Waals surface area contributed by atoms with E-state index in [-0.39, 0.29) is 0 Å². The van der Waals surface area contributed by atoms with E-state index in [9.17, 15) is 0 Å². The van der Waals surface area contributed by atoms with Crippen LogP contribution in [0.15, 0.2) is 36.7 Å². The number of nitrogens with zero attached hydrogens (tertiary/aromatic N) is 6. The lowest BCUT2D eigenvalue weighted by Crippen LogP contribution is -2.45. The van der Waals surface area contributed by atoms with Crippen LogP contribution in [0.4, 0.5) is 5.82 Å². The van der Waals surface area contributed by atoms with Crippen molar-refractivity contribution in [1.82, 2.24) is 29.5 Å². The maximum absolute atomic E-state index is 6.09. The Bertz CT molecular complexity index is 865. The van der Waals surface area contributed by atoms with Crippen molar-refractivity contribution >= 4 is 16.7 Å². The van der Waals surface area contributed by atoms with Gasteiger partial charge in [-0.1, -0.05) is 12.1 Å². The number of aromatic nitrogens is 4. The zero-order valence-corrected chi connectivity index (χ0v) is 14.5. The second-order valence-corrected chi connectivity index (χ2v) is 6.62. The molecule has 3 aromatic rings. The Labute approximate surface area is 147 Å². The molecule has 0 bridgehead atoms. The Morgan fingerprint density at radius 3 is 2.44 bits per heavy atom. The van der Waals surface area contributed by atoms with Gasteiger partial charge in [-0.05, 0) is 12.1 Å². The molecule has 130 valence electrons. The Morgan fingerprint density at radius 2 is 1.72 bits per heavy atom. The predicted octanol–water partition coefficient (Wildman–Crippen LogP) is 1.26. The van der Waals surface area contributed by atoms with Crippen molar-refractivity contribution in [3.8, 4) is 0 Å². The maximum Gasteiger partial charge on any atom is 0.145 e. The molecule has 25 heavy (non-hydrogen) atoms. The fraction of sp³-hybridized carbons (Fsp3) is 0.389. The van der Waals surface area contributed by atoms with Crippen LogP contribution in [-0.4, -0.2) is 55.7 Å². The normalized spacial score (nSPS) is 16.5. The molecule has 4 rings (SSSR count). The number of piperazine rings is 1. The molecule has 0 aliphatic carbocycles. The summed E-state index contributed by atoms with van der Waals surface area (Å²) in [6.45, 7) is 5.81. The molecule has 3 heterocycles. The van der Waals surface area contributed by atoms with E-state index in [1.54, 1.807) is 0 Å². The molecule has 0 atom stereocenters. The standard InChI is InChI=1S/C18H23N7/c1-23-11-14(10-20-23)12-24-6-8-25(9-7-24)13-17-21-16-5-3-2-4-15(16)18(19)22-17/h2-5,10-11H,6-9,12-13H2,1H3,(H2,19,21,22). The molecule has 1 aliphatic heterocycles. The monoisotopic (exact) mass is 337 g/mol. The van der Waals surface area contributed by atoms with Crippen molar-refractivity contribution in [2.24, 2.45) is 7.05 Å². The quantitative estimate of drug-likeness (QED) is 0.772. The molecule has 0 radical (unpaired) electrons. The van der Waals surface area contributed by atoms with E-state index < -0.39 is 0 Å². The lowest BCUT2D eigenvalue weighted by Gasteiger charge is -2.34. The smallest absolute Gasteiger partial charge is 0.145 e. The average molecular weight is 337 g/mol. The van der Waals surface area contributed by atoms with Crippen LogP contribution in [0.3, 0.4) is 0 Å². The summed E-state index contributed by atoms with van der Waals surface area (Å²) in [4.78, 5) is 14.0. The highest BCUT2D eigenvalue weighted by atomic mass is 15.3. The SMILES string of the molecule is Cn1cc(CN2CCN(Cc3nc(N)c4ccccc4n3)CC2)cn1. The second-order valence-electron chi connectivity index (χ2n) is 6.62. The molecule has 0 unspecified atom stereocenters. The zero-order chi connectivity index (χ0) is 17.2. The van der Waals surface area contributed by atoms with E-state index >= 15 is 0 Å². The van der Waals surface area contributed by atoms with Gasteiger partial charge in [-0.25, -0.2) is 9.97 Å². The van der Waals surface area contributed by atoms with Crippen molar-refractivity contribution < 1.29 is 0 Å². The fourth-order valence-corrected chi connectivity index (χ4v) is 3.34. The van der Waals surface area contributed by atoms with E-state index in [0.717, 1.165) is 56.0 Å². The first kappa shape index (κ1) is 16.0. The molecule has 2 aromatic heterocycles. The van der Waals surface area contributed by atoms with Gasteiger partial charge >= 0.3 is 0 Å². The Morgan fingerprint density at radius 1 is 1.00 bits per heavy atom. The number of hydrogen-bond donors (Lipinski definition) is 1. The van der Waals surface area contributed by atoms with Crippen molar-refractivity contribution in [3.05, 3.63) is 48.0 Å². The van der Waals surface area contributed by atoms with Crippen molar-refractivity contribution in [3.63, 3.8) is 0 Å². The summed E-state index contributed by atoms with van der Waals surface area (Å²) >= 11 is 0. The number of benzene rings is 1. The van der Waals surface area contributed by atoms with E-state index in [1.807, 2.05) is 42.2 Å². The third-order valence-electron chi connectivity index (χ3n) is 4.67. The first-order valence-electron chi connectivity index (χ1n) is 8.61. The van der Waals surface area contributed by atoms with Gasteiger partial charge in [0, 0.05) is 56.9 Å². The van der Waals surface area contributed by atoms with Crippen LogP contribution in [0.1, 0.15) is 11.4 Å². The van der Waals surface area contributed by atoms with Gasteiger partial charge in [-0.15, -0.1) is 0 Å². The summed E-state index contributed by atoms with van der Waals surface area (Å²) in [5.41, 5.74) is 8.27. The molecule has 0 saturated carbocycles. The van der Waals surface area contributed by atoms with Gasteiger partial charge in [0.25, 0.3) is 0 Å². The number of anilines is 1. The third kappa shape index (κ3) is 3.62. The summed E-state index contributed by atoms with van der Waals surface area (Å²) in [7, 11) is 1.96. The molecule has 0 amide bonds. The number of hydrogen-bond acceptors (Lipinski definition) is 6. The first-order valence-corrected chi connectivity index (χ1v) is 8.61. The highest BCUT2D eigenvalue weighted by Crippen LogP contribution is 2.18. The van der Waals surface area contributed by atoms with Crippen LogP contribution >= 0.6 is 0 Å². The van der Waals surface area contributed by atoms with Crippen LogP contribution in [0, 0.1) is 0 Å². The van der Waals surface area contributed by atoms with Gasteiger partial charge in [0.2, 0.25) is 0 Å². The molecule has 1 aromatic carbocycles. The summed E-state index contributed by atoms with van der Waals surface area (Å²) in [6, 6.07) is 7.90. The van der Waals surface area contributed by atoms with E-state index in [4.69, 9.17) is 5.73 Å². The number of rotatable bonds is 4. The number of fused-ring (bicyclic) bond motifs is 1. The van der Waals surface area contributed by atoms with Gasteiger partial charge < -0.3 is 5.73 Å². The van der Waals surface area contributed by atoms with Gasteiger partial charge in [0.1, 0.15) is 11.6 Å². The average Bonchev–Trinajstić information content (AvgIpc) is 3.02. The molecule has 1 saturated heterocycles. The molecule has 0 spiro atoms. The van der Waals surface area contributed by atoms with Crippen molar-refractivity contribution in [2.75, 3.05) is 31.9 Å². The summed E-state index contributed by atoms with van der Waals surface area (Å²) in [5, 5.41) is 5.16. The van der Waals surface area contributed by atoms with Crippen LogP contribution in [0.5, 0.6) is 0 Å². The van der Waals surface area contributed by atoms with Crippen molar-refractivity contribution in [1.29, 1.82) is 0 Å². The van der Waals surface area contributed by atoms with Crippen LogP contribution in [0.25, 0.3) is 10.9 Å². The van der Waals surface area contributed by atoms with Gasteiger partial charge in [0.15, 0.2) is 0 Å². The topological polar surface area (TPSA) is 76.1 Å². The van der Waals surface area contributed by atoms with Gasteiger partial charge in [-0.3, -0.25) is 14.5 Å². The molecule has 1 fully saturated rings. The lowest BCUT2D eigenvalue weighted by molar-refractivity contribution is 0.120. The van der Waals surface area contributed by atoms with Crippen LogP contribution in [-0.2, 0) is 20.1 Å². The van der Waals surface area contributed by atoms with E-state index in [0.29, 0.717) is 5.82 Å². The number of nitrogen functional groups attached to an aromatic ring is 1. The fourth-order valence-electron chi connectivity index (χ4n) is 3.34. The number of para-hydroxylation sites is 1. The van der Waals surface area contributed by atoms with Crippen molar-refractivity contribution in [2.45, 2.75) is 13.1 Å². The maximum atomic E-state index is 6.09. The molecule has 7 nitrogen and oxygen atoms in total. The summed E-state index contributed by atoms with van der Waals surface area (Å²) in [6.07, 6.45) is 4.02. The van der Waals surface area contributed by atoms with Crippen LogP contribution < -0.4 is 5.73 Å². The van der Waals surface area contributed by atoms with Gasteiger partial charge in [-0.2, -0.15) is 5.10 Å². The highest BCUT2D eigenvalue weighted by Gasteiger charge is 2.18. The first-order chi connectivity index (χ1) is 12.2. The second kappa shape index (κ2) is 6.78. The zero-order valence-electron chi connectivity index (χ0n) is 14.5. The minimum atomic E-state index is 0.566. The van der Waals surface area contributed by atoms with Gasteiger partial charge in [0.05, 0.1) is 18.3 Å². The van der Waals surface area contributed by atoms with Crippen LogP contribution in [0.2, 0.25) is 0 Å². The lowest BCUT2D eigenvalue weighted by atomic mass is 10.2. The van der Waals surface area contributed by atoms with E-state index in [1.165, 1.54) is 5.56 Å². The molecule has 7 heteroatoms. The largest absolute Gasteiger partial charge is 0.383 e. The number of nitrogens with two attached hydrogens (primary N) is 1. The minimum Gasteiger partial charge on any atom is -0.383 e. The van der Waals surface area contributed by atoms with E-state index in [2.05, 4.69) is 31.1 Å². The molecular weight excluding hydrogens is 314 g/mol. The minimum absolute atomic E-state index is 0.566. The highest BCUT2D eigenvalue weighted by molar-refractivity contribution is 5.87.